The molecule has 11 heteroatoms. The van der Waals surface area contributed by atoms with Gasteiger partial charge in [-0.1, -0.05) is 0 Å². The van der Waals surface area contributed by atoms with Gasteiger partial charge in [0.25, 0.3) is 0 Å². The quantitative estimate of drug-likeness (QED) is 0.494. The molecule has 1 saturated heterocycles. The lowest BCUT2D eigenvalue weighted by atomic mass is 9.95. The van der Waals surface area contributed by atoms with E-state index >= 15 is 0 Å². The zero-order chi connectivity index (χ0) is 17.8. The lowest BCUT2D eigenvalue weighted by Gasteiger charge is -2.28. The van der Waals surface area contributed by atoms with E-state index in [0.717, 1.165) is 0 Å². The minimum absolute atomic E-state index is 0.250. The van der Waals surface area contributed by atoms with Crippen LogP contribution in [-0.2, 0) is 29.0 Å². The minimum atomic E-state index is -3.43. The van der Waals surface area contributed by atoms with Crippen molar-refractivity contribution in [1.82, 2.24) is 5.32 Å². The molecule has 4 atom stereocenters. The van der Waals surface area contributed by atoms with E-state index in [-0.39, 0.29) is 6.15 Å². The largest absolute Gasteiger partial charge is 0.479 e. The highest BCUT2D eigenvalue weighted by atomic mass is 32.2. The summed E-state index contributed by atoms with van der Waals surface area (Å²) < 4.78 is 23.6. The van der Waals surface area contributed by atoms with E-state index < -0.39 is 50.2 Å². The van der Waals surface area contributed by atoms with E-state index in [1.165, 1.54) is 11.8 Å². The van der Waals surface area contributed by atoms with Crippen LogP contribution in [-0.4, -0.2) is 66.1 Å². The van der Waals surface area contributed by atoms with Crippen molar-refractivity contribution >= 4 is 39.6 Å². The van der Waals surface area contributed by atoms with Gasteiger partial charge in [-0.05, 0) is 24.9 Å². The predicted octanol–water partition coefficient (Wildman–Crippen LogP) is -1.76. The normalized spacial score (nSPS) is 30.9. The number of fused-ring (bicyclic) bond motifs is 1. The van der Waals surface area contributed by atoms with Crippen LogP contribution in [0.2, 0.25) is 0 Å². The molecule has 1 saturated carbocycles. The fraction of sp³-hybridized carbons (Fsp3) is 0.750. The second kappa shape index (κ2) is 7.43. The van der Waals surface area contributed by atoms with Gasteiger partial charge < -0.3 is 16.2 Å². The first-order valence-corrected chi connectivity index (χ1v) is 9.78. The fourth-order valence-corrected chi connectivity index (χ4v) is 5.69. The number of carbonyl (C=O) groups excluding carboxylic acids is 3. The van der Waals surface area contributed by atoms with Crippen LogP contribution in [0.3, 0.4) is 0 Å². The van der Waals surface area contributed by atoms with Gasteiger partial charge in [-0.25, -0.2) is 13.2 Å². The standard InChI is InChI=1S/C11H18N2O5S2.CO2/c1-19-3-2-7(12)9(14)13-11(10(15)16)5-20(17,18)8-4-6(8)11;2-1-3/h6-8H,2-5,12H2,1H3,(H,13,14)(H,15,16);/t6-,7+,8+,11+;/m1./s1. The highest BCUT2D eigenvalue weighted by molar-refractivity contribution is 7.98. The maximum atomic E-state index is 12.0. The molecule has 0 aromatic heterocycles. The monoisotopic (exact) mass is 366 g/mol. The summed E-state index contributed by atoms with van der Waals surface area (Å²) >= 11 is 1.53. The van der Waals surface area contributed by atoms with Gasteiger partial charge in [0.1, 0.15) is 0 Å². The number of rotatable bonds is 6. The van der Waals surface area contributed by atoms with Crippen molar-refractivity contribution in [3.05, 3.63) is 0 Å². The Morgan fingerprint density at radius 2 is 2.04 bits per heavy atom. The molecule has 2 aliphatic rings. The molecule has 0 bridgehead atoms. The molecule has 2 rings (SSSR count). The van der Waals surface area contributed by atoms with Crippen LogP contribution in [0.1, 0.15) is 12.8 Å². The summed E-state index contributed by atoms with van der Waals surface area (Å²) in [5.41, 5.74) is 4.00. The van der Waals surface area contributed by atoms with Crippen LogP contribution in [0.5, 0.6) is 0 Å². The fourth-order valence-electron chi connectivity index (χ4n) is 2.71. The maximum Gasteiger partial charge on any atom is 0.373 e. The highest BCUT2D eigenvalue weighted by Crippen LogP contribution is 2.52. The lowest BCUT2D eigenvalue weighted by molar-refractivity contribution is -0.191. The van der Waals surface area contributed by atoms with Crippen LogP contribution < -0.4 is 11.1 Å². The van der Waals surface area contributed by atoms with Gasteiger partial charge in [-0.15, -0.1) is 0 Å². The van der Waals surface area contributed by atoms with Crippen LogP contribution in [0, 0.1) is 5.92 Å². The lowest BCUT2D eigenvalue weighted by Crippen LogP contribution is -2.61. The Balaban J connectivity index is 0.000000816. The molecule has 0 radical (unpaired) electrons. The van der Waals surface area contributed by atoms with Crippen LogP contribution in [0.25, 0.3) is 0 Å². The summed E-state index contributed by atoms with van der Waals surface area (Å²) in [6, 6.07) is -0.820. The van der Waals surface area contributed by atoms with E-state index in [1.54, 1.807) is 0 Å². The Hall–Kier alpha value is -1.42. The number of sulfone groups is 1. The smallest absolute Gasteiger partial charge is 0.373 e. The van der Waals surface area contributed by atoms with Crippen molar-refractivity contribution in [2.45, 2.75) is 29.7 Å². The molecule has 1 amide bonds. The number of carbonyl (C=O) groups is 2. The van der Waals surface area contributed by atoms with Crippen molar-refractivity contribution in [2.75, 3.05) is 17.8 Å². The molecule has 1 aliphatic heterocycles. The summed E-state index contributed by atoms with van der Waals surface area (Å²) in [6.07, 6.45) is 2.85. The Bertz CT molecular complexity index is 615. The second-order valence-electron chi connectivity index (χ2n) is 5.42. The molecule has 1 aliphatic carbocycles. The van der Waals surface area contributed by atoms with Crippen molar-refractivity contribution in [3.8, 4) is 0 Å². The molecule has 0 spiro atoms. The number of carboxylic acids is 1. The third-order valence-corrected chi connectivity index (χ3v) is 6.90. The molecule has 23 heavy (non-hydrogen) atoms. The van der Waals surface area contributed by atoms with Gasteiger partial charge in [0.05, 0.1) is 17.0 Å². The van der Waals surface area contributed by atoms with Crippen LogP contribution in [0.15, 0.2) is 0 Å². The Labute approximate surface area is 137 Å². The van der Waals surface area contributed by atoms with Crippen molar-refractivity contribution in [2.24, 2.45) is 11.7 Å². The molecule has 0 unspecified atom stereocenters. The minimum Gasteiger partial charge on any atom is -0.479 e. The predicted molar refractivity (Wildman–Crippen MR) is 80.2 cm³/mol. The summed E-state index contributed by atoms with van der Waals surface area (Å²) in [7, 11) is -3.43. The van der Waals surface area contributed by atoms with Gasteiger partial charge >= 0.3 is 12.1 Å². The van der Waals surface area contributed by atoms with Crippen LogP contribution in [0.4, 0.5) is 0 Å². The first-order chi connectivity index (χ1) is 10.7. The van der Waals surface area contributed by atoms with E-state index in [9.17, 15) is 23.1 Å². The Morgan fingerprint density at radius 3 is 2.39 bits per heavy atom. The number of thioether (sulfide) groups is 1. The number of hydrogen-bond donors (Lipinski definition) is 3. The van der Waals surface area contributed by atoms with Crippen molar-refractivity contribution < 1.29 is 32.7 Å². The third-order valence-electron chi connectivity index (χ3n) is 3.95. The molecule has 0 aromatic rings. The third kappa shape index (κ3) is 4.11. The molecule has 2 fully saturated rings. The zero-order valence-corrected chi connectivity index (χ0v) is 14.0. The summed E-state index contributed by atoms with van der Waals surface area (Å²) in [6.45, 7) is 0. The molecular weight excluding hydrogens is 348 g/mol. The van der Waals surface area contributed by atoms with Gasteiger partial charge in [-0.3, -0.25) is 4.79 Å². The molecule has 130 valence electrons. The molecule has 0 aromatic carbocycles. The van der Waals surface area contributed by atoms with Gasteiger partial charge in [0.2, 0.25) is 5.91 Å². The maximum absolute atomic E-state index is 12.0. The van der Waals surface area contributed by atoms with Crippen LogP contribution >= 0.6 is 11.8 Å². The Morgan fingerprint density at radius 1 is 1.48 bits per heavy atom. The zero-order valence-electron chi connectivity index (χ0n) is 12.4. The van der Waals surface area contributed by atoms with Gasteiger partial charge in [0.15, 0.2) is 15.4 Å². The van der Waals surface area contributed by atoms with E-state index in [1.807, 2.05) is 6.26 Å². The number of amides is 1. The van der Waals surface area contributed by atoms with Gasteiger partial charge in [0, 0.05) is 5.92 Å². The number of carboxylic acid groups (broad SMARTS) is 1. The molecular formula is C12H18N2O7S2. The first kappa shape index (κ1) is 19.6. The van der Waals surface area contributed by atoms with E-state index in [4.69, 9.17) is 15.3 Å². The number of nitrogens with one attached hydrogen (secondary N) is 1. The van der Waals surface area contributed by atoms with Gasteiger partial charge in [-0.2, -0.15) is 21.4 Å². The molecule has 9 nitrogen and oxygen atoms in total. The van der Waals surface area contributed by atoms with Crippen molar-refractivity contribution in [1.29, 1.82) is 0 Å². The topological polar surface area (TPSA) is 161 Å². The summed E-state index contributed by atoms with van der Waals surface area (Å²) in [4.78, 5) is 39.7. The number of hydrogen-bond acceptors (Lipinski definition) is 8. The highest BCUT2D eigenvalue weighted by Gasteiger charge is 2.70. The number of nitrogens with two attached hydrogens (primary N) is 1. The average molecular weight is 366 g/mol. The first-order valence-electron chi connectivity index (χ1n) is 6.67. The Kier molecular flexibility index (Phi) is 6.34. The summed E-state index contributed by atoms with van der Waals surface area (Å²) in [5, 5.41) is 11.1. The van der Waals surface area contributed by atoms with Crippen molar-refractivity contribution in [3.63, 3.8) is 0 Å². The summed E-state index contributed by atoms with van der Waals surface area (Å²) in [5.74, 6) is -2.27. The molecule has 1 heterocycles. The average Bonchev–Trinajstić information content (AvgIpc) is 3.22. The SMILES string of the molecule is CSCC[C@H](N)C(=O)N[C@@]1(C(=O)O)CS(=O)(=O)[C@H]2C[C@H]21.O=C=O. The second-order valence-corrected chi connectivity index (χ2v) is 8.63. The van der Waals surface area contributed by atoms with E-state index in [0.29, 0.717) is 18.6 Å². The number of aliphatic carboxylic acids is 1. The molecule has 4 N–H and O–H groups in total. The van der Waals surface area contributed by atoms with E-state index in [2.05, 4.69) is 5.32 Å².